The molecule has 0 amide bonds. The minimum absolute atomic E-state index is 0.0757. The topological polar surface area (TPSA) is 38.3 Å². The number of hydrogen-bond acceptors (Lipinski definition) is 4. The SMILES string of the molecule is O=C(OCCc1cccs1)C1CNc2ccccc2C1. The number of para-hydroxylation sites is 1. The first-order chi connectivity index (χ1) is 9.83. The molecule has 2 aromatic rings. The summed E-state index contributed by atoms with van der Waals surface area (Å²) in [6.07, 6.45) is 1.57. The smallest absolute Gasteiger partial charge is 0.311 e. The molecule has 1 aliphatic rings. The van der Waals surface area contributed by atoms with Crippen LogP contribution in [0.25, 0.3) is 0 Å². The van der Waals surface area contributed by atoms with Crippen molar-refractivity contribution in [3.8, 4) is 0 Å². The van der Waals surface area contributed by atoms with Gasteiger partial charge in [-0.25, -0.2) is 0 Å². The molecule has 1 N–H and O–H groups in total. The van der Waals surface area contributed by atoms with Gasteiger partial charge >= 0.3 is 5.97 Å². The number of benzene rings is 1. The van der Waals surface area contributed by atoms with E-state index in [1.807, 2.05) is 29.6 Å². The van der Waals surface area contributed by atoms with Gasteiger partial charge in [0.1, 0.15) is 0 Å². The maximum atomic E-state index is 12.1. The van der Waals surface area contributed by atoms with Gasteiger partial charge in [0, 0.05) is 23.5 Å². The Hall–Kier alpha value is -1.81. The van der Waals surface area contributed by atoms with Crippen LogP contribution in [-0.4, -0.2) is 19.1 Å². The fourth-order valence-corrected chi connectivity index (χ4v) is 3.12. The summed E-state index contributed by atoms with van der Waals surface area (Å²) in [5.41, 5.74) is 2.33. The van der Waals surface area contributed by atoms with Crippen molar-refractivity contribution in [2.24, 2.45) is 5.92 Å². The molecule has 1 aromatic heterocycles. The second-order valence-corrected chi connectivity index (χ2v) is 5.97. The normalized spacial score (nSPS) is 17.1. The number of fused-ring (bicyclic) bond motifs is 1. The molecule has 1 aromatic carbocycles. The second kappa shape index (κ2) is 6.09. The van der Waals surface area contributed by atoms with Crippen LogP contribution in [0.1, 0.15) is 10.4 Å². The highest BCUT2D eigenvalue weighted by molar-refractivity contribution is 7.09. The molecule has 0 saturated carbocycles. The predicted molar refractivity (Wildman–Crippen MR) is 81.1 cm³/mol. The quantitative estimate of drug-likeness (QED) is 0.878. The number of rotatable bonds is 4. The van der Waals surface area contributed by atoms with Crippen molar-refractivity contribution in [3.05, 3.63) is 52.2 Å². The van der Waals surface area contributed by atoms with E-state index in [1.54, 1.807) is 11.3 Å². The largest absolute Gasteiger partial charge is 0.465 e. The lowest BCUT2D eigenvalue weighted by Gasteiger charge is -2.24. The van der Waals surface area contributed by atoms with Crippen LogP contribution in [0.5, 0.6) is 0 Å². The van der Waals surface area contributed by atoms with E-state index in [-0.39, 0.29) is 11.9 Å². The molecule has 3 rings (SSSR count). The zero-order valence-electron chi connectivity index (χ0n) is 11.2. The van der Waals surface area contributed by atoms with Crippen LogP contribution in [0.2, 0.25) is 0 Å². The summed E-state index contributed by atoms with van der Waals surface area (Å²) in [6, 6.07) is 12.2. The van der Waals surface area contributed by atoms with Gasteiger partial charge in [0.15, 0.2) is 0 Å². The fourth-order valence-electron chi connectivity index (χ4n) is 2.43. The Morgan fingerprint density at radius 3 is 3.05 bits per heavy atom. The first-order valence-corrected chi connectivity index (χ1v) is 7.71. The first-order valence-electron chi connectivity index (χ1n) is 6.84. The standard InChI is InChI=1S/C16H17NO2S/c18-16(19-8-7-14-5-3-9-20-14)13-10-12-4-1-2-6-15(12)17-11-13/h1-6,9,13,17H,7-8,10-11H2. The van der Waals surface area contributed by atoms with Gasteiger partial charge in [0.25, 0.3) is 0 Å². The Balaban J connectivity index is 1.51. The molecule has 0 saturated heterocycles. The van der Waals surface area contributed by atoms with Crippen LogP contribution in [0.3, 0.4) is 0 Å². The van der Waals surface area contributed by atoms with E-state index in [4.69, 9.17) is 4.74 Å². The molecule has 0 aliphatic carbocycles. The molecule has 1 atom stereocenters. The van der Waals surface area contributed by atoms with Gasteiger partial charge in [-0.05, 0) is 29.5 Å². The van der Waals surface area contributed by atoms with Gasteiger partial charge < -0.3 is 10.1 Å². The fraction of sp³-hybridized carbons (Fsp3) is 0.312. The summed E-state index contributed by atoms with van der Waals surface area (Å²) >= 11 is 1.70. The third kappa shape index (κ3) is 3.02. The molecule has 0 fully saturated rings. The highest BCUT2D eigenvalue weighted by atomic mass is 32.1. The predicted octanol–water partition coefficient (Wildman–Crippen LogP) is 3.12. The molecule has 3 nitrogen and oxygen atoms in total. The van der Waals surface area contributed by atoms with Crippen molar-refractivity contribution in [2.45, 2.75) is 12.8 Å². The summed E-state index contributed by atoms with van der Waals surface area (Å²) in [4.78, 5) is 13.3. The van der Waals surface area contributed by atoms with Gasteiger partial charge in [0.2, 0.25) is 0 Å². The molecule has 4 heteroatoms. The minimum Gasteiger partial charge on any atom is -0.465 e. The molecular weight excluding hydrogens is 270 g/mol. The van der Waals surface area contributed by atoms with Gasteiger partial charge in [-0.3, -0.25) is 4.79 Å². The zero-order chi connectivity index (χ0) is 13.8. The summed E-state index contributed by atoms with van der Waals surface area (Å²) < 4.78 is 5.40. The Labute approximate surface area is 122 Å². The maximum absolute atomic E-state index is 12.1. The third-order valence-corrected chi connectivity index (χ3v) is 4.46. The number of nitrogens with one attached hydrogen (secondary N) is 1. The van der Waals surface area contributed by atoms with Crippen LogP contribution in [-0.2, 0) is 22.4 Å². The zero-order valence-corrected chi connectivity index (χ0v) is 12.0. The van der Waals surface area contributed by atoms with Crippen LogP contribution >= 0.6 is 11.3 Å². The van der Waals surface area contributed by atoms with Crippen molar-refractivity contribution < 1.29 is 9.53 Å². The average molecular weight is 287 g/mol. The van der Waals surface area contributed by atoms with Crippen molar-refractivity contribution >= 4 is 23.0 Å². The summed E-state index contributed by atoms with van der Waals surface area (Å²) in [6.45, 7) is 1.13. The van der Waals surface area contributed by atoms with Crippen molar-refractivity contribution in [3.63, 3.8) is 0 Å². The number of anilines is 1. The number of carbonyl (C=O) groups is 1. The highest BCUT2D eigenvalue weighted by Gasteiger charge is 2.25. The van der Waals surface area contributed by atoms with Crippen LogP contribution in [0.15, 0.2) is 41.8 Å². The number of ether oxygens (including phenoxy) is 1. The number of hydrogen-bond donors (Lipinski definition) is 1. The van der Waals surface area contributed by atoms with E-state index in [1.165, 1.54) is 10.4 Å². The van der Waals surface area contributed by atoms with Crippen molar-refractivity contribution in [1.82, 2.24) is 0 Å². The summed E-state index contributed by atoms with van der Waals surface area (Å²) in [5.74, 6) is -0.170. The molecule has 1 aliphatic heterocycles. The van der Waals surface area contributed by atoms with E-state index in [0.717, 1.165) is 18.5 Å². The van der Waals surface area contributed by atoms with Crippen LogP contribution in [0.4, 0.5) is 5.69 Å². The molecule has 0 bridgehead atoms. The van der Waals surface area contributed by atoms with Crippen molar-refractivity contribution in [2.75, 3.05) is 18.5 Å². The van der Waals surface area contributed by atoms with Gasteiger partial charge in [-0.2, -0.15) is 0 Å². The van der Waals surface area contributed by atoms with E-state index in [0.29, 0.717) is 13.2 Å². The lowest BCUT2D eigenvalue weighted by Crippen LogP contribution is -2.31. The molecule has 104 valence electrons. The Kier molecular flexibility index (Phi) is 4.02. The van der Waals surface area contributed by atoms with Gasteiger partial charge in [-0.15, -0.1) is 11.3 Å². The van der Waals surface area contributed by atoms with Crippen molar-refractivity contribution in [1.29, 1.82) is 0 Å². The first kappa shape index (κ1) is 13.2. The van der Waals surface area contributed by atoms with Gasteiger partial charge in [-0.1, -0.05) is 24.3 Å². The Bertz CT molecular complexity index is 580. The van der Waals surface area contributed by atoms with E-state index in [2.05, 4.69) is 17.4 Å². The number of thiophene rings is 1. The molecule has 0 spiro atoms. The van der Waals surface area contributed by atoms with E-state index < -0.39 is 0 Å². The molecule has 20 heavy (non-hydrogen) atoms. The summed E-state index contributed by atoms with van der Waals surface area (Å²) in [7, 11) is 0. The highest BCUT2D eigenvalue weighted by Crippen LogP contribution is 2.24. The second-order valence-electron chi connectivity index (χ2n) is 4.94. The summed E-state index contributed by atoms with van der Waals surface area (Å²) in [5, 5.41) is 5.34. The monoisotopic (exact) mass is 287 g/mol. The Morgan fingerprint density at radius 1 is 1.30 bits per heavy atom. The molecular formula is C16H17NO2S. The minimum atomic E-state index is -0.0939. The number of carbonyl (C=O) groups excluding carboxylic acids is 1. The lowest BCUT2D eigenvalue weighted by molar-refractivity contribution is -0.148. The van der Waals surface area contributed by atoms with E-state index >= 15 is 0 Å². The van der Waals surface area contributed by atoms with Crippen LogP contribution < -0.4 is 5.32 Å². The van der Waals surface area contributed by atoms with Crippen LogP contribution in [0, 0.1) is 5.92 Å². The molecule has 0 radical (unpaired) electrons. The van der Waals surface area contributed by atoms with Gasteiger partial charge in [0.05, 0.1) is 12.5 Å². The Morgan fingerprint density at radius 2 is 2.20 bits per heavy atom. The lowest BCUT2D eigenvalue weighted by atomic mass is 9.94. The maximum Gasteiger partial charge on any atom is 0.311 e. The molecule has 2 heterocycles. The van der Waals surface area contributed by atoms with E-state index in [9.17, 15) is 4.79 Å². The average Bonchev–Trinajstić information content (AvgIpc) is 3.00. The number of esters is 1. The third-order valence-electron chi connectivity index (χ3n) is 3.53. The molecule has 1 unspecified atom stereocenters.